The minimum Gasteiger partial charge on any atom is -0.503 e. The van der Waals surface area contributed by atoms with Gasteiger partial charge in [0.05, 0.1) is 26.2 Å². The van der Waals surface area contributed by atoms with Crippen LogP contribution in [0.2, 0.25) is 0 Å². The summed E-state index contributed by atoms with van der Waals surface area (Å²) in [5.41, 5.74) is 4.01. The maximum absolute atomic E-state index is 12.2. The van der Waals surface area contributed by atoms with Crippen molar-refractivity contribution in [2.75, 3.05) is 14.2 Å². The lowest BCUT2D eigenvalue weighted by Crippen LogP contribution is -2.06. The molecule has 0 bridgehead atoms. The number of nitrogens with zero attached hydrogens (tertiary/aromatic N) is 6. The molecule has 12 heteroatoms. The lowest BCUT2D eigenvalue weighted by Gasteiger charge is -2.10. The standard InChI is InChI=1S/C22H22N6O3S3/c1-13-9-14(2)28-20(23-13)24-21(27-28)32-12-18-25-26-22(34-18)33-11-15-7-5-6-8-16(15)17(10-30-3)19(29)31-4/h5-10H,11-12H2,1-4H3/b17-10+. The van der Waals surface area contributed by atoms with E-state index in [2.05, 4.69) is 25.3 Å². The maximum Gasteiger partial charge on any atom is 0.341 e. The van der Waals surface area contributed by atoms with E-state index >= 15 is 0 Å². The van der Waals surface area contributed by atoms with Crippen LogP contribution >= 0.6 is 34.9 Å². The van der Waals surface area contributed by atoms with Gasteiger partial charge in [-0.15, -0.1) is 15.3 Å². The molecule has 0 saturated carbocycles. The molecule has 4 rings (SSSR count). The van der Waals surface area contributed by atoms with E-state index in [4.69, 9.17) is 9.47 Å². The first-order valence-corrected chi connectivity index (χ1v) is 13.0. The Labute approximate surface area is 209 Å². The van der Waals surface area contributed by atoms with Gasteiger partial charge in [-0.1, -0.05) is 59.1 Å². The minimum absolute atomic E-state index is 0.371. The molecule has 0 aliphatic rings. The summed E-state index contributed by atoms with van der Waals surface area (Å²) >= 11 is 4.59. The molecule has 176 valence electrons. The normalized spacial score (nSPS) is 11.7. The van der Waals surface area contributed by atoms with Crippen molar-refractivity contribution in [2.45, 2.75) is 34.8 Å². The molecule has 9 nitrogen and oxygen atoms in total. The molecule has 34 heavy (non-hydrogen) atoms. The zero-order valence-electron chi connectivity index (χ0n) is 19.0. The average molecular weight is 515 g/mol. The molecular weight excluding hydrogens is 492 g/mol. The Bertz CT molecular complexity index is 1350. The molecule has 0 N–H and O–H groups in total. The number of hydrogen-bond acceptors (Lipinski definition) is 11. The van der Waals surface area contributed by atoms with Crippen molar-refractivity contribution in [1.29, 1.82) is 0 Å². The van der Waals surface area contributed by atoms with Crippen molar-refractivity contribution in [3.63, 3.8) is 0 Å². The number of thioether (sulfide) groups is 2. The summed E-state index contributed by atoms with van der Waals surface area (Å²) in [6.45, 7) is 3.92. The summed E-state index contributed by atoms with van der Waals surface area (Å²) in [5.74, 6) is 1.39. The van der Waals surface area contributed by atoms with Crippen LogP contribution in [0.15, 0.2) is 46.1 Å². The molecule has 0 aliphatic heterocycles. The Hall–Kier alpha value is -2.96. The van der Waals surface area contributed by atoms with Crippen molar-refractivity contribution >= 4 is 52.2 Å². The number of aromatic nitrogens is 6. The molecule has 1 aromatic carbocycles. The fourth-order valence-corrected chi connectivity index (χ4v) is 5.89. The smallest absolute Gasteiger partial charge is 0.341 e. The number of ether oxygens (including phenoxy) is 2. The number of methoxy groups -OCH3 is 2. The lowest BCUT2D eigenvalue weighted by atomic mass is 10.0. The Kier molecular flexibility index (Phi) is 7.80. The number of carbonyl (C=O) groups excluding carboxylic acids is 1. The molecule has 0 radical (unpaired) electrons. The van der Waals surface area contributed by atoms with Crippen LogP contribution in [-0.4, -0.2) is 50.0 Å². The van der Waals surface area contributed by atoms with Gasteiger partial charge in [0, 0.05) is 17.1 Å². The van der Waals surface area contributed by atoms with Crippen molar-refractivity contribution in [1.82, 2.24) is 29.8 Å². The third-order valence-corrected chi connectivity index (χ3v) is 7.81. The highest BCUT2D eigenvalue weighted by Gasteiger charge is 2.17. The Morgan fingerprint density at radius 3 is 2.74 bits per heavy atom. The van der Waals surface area contributed by atoms with E-state index in [1.807, 2.05) is 44.2 Å². The van der Waals surface area contributed by atoms with E-state index in [1.54, 1.807) is 16.3 Å². The number of benzene rings is 1. The van der Waals surface area contributed by atoms with Crippen molar-refractivity contribution in [3.8, 4) is 0 Å². The van der Waals surface area contributed by atoms with Crippen LogP contribution < -0.4 is 0 Å². The van der Waals surface area contributed by atoms with E-state index in [-0.39, 0.29) is 0 Å². The number of fused-ring (bicyclic) bond motifs is 1. The zero-order chi connectivity index (χ0) is 24.1. The van der Waals surface area contributed by atoms with Crippen molar-refractivity contribution in [3.05, 3.63) is 64.1 Å². The summed E-state index contributed by atoms with van der Waals surface area (Å²) < 4.78 is 12.6. The van der Waals surface area contributed by atoms with Crippen LogP contribution in [0.3, 0.4) is 0 Å². The first-order valence-electron chi connectivity index (χ1n) is 10.2. The first kappa shape index (κ1) is 24.2. The Morgan fingerprint density at radius 2 is 1.94 bits per heavy atom. The molecule has 3 heterocycles. The van der Waals surface area contributed by atoms with E-state index in [1.165, 1.54) is 43.6 Å². The Balaban J connectivity index is 1.41. The molecule has 0 spiro atoms. The zero-order valence-corrected chi connectivity index (χ0v) is 21.5. The molecule has 0 fully saturated rings. The topological polar surface area (TPSA) is 104 Å². The predicted octanol–water partition coefficient (Wildman–Crippen LogP) is 4.34. The van der Waals surface area contributed by atoms with Gasteiger partial charge in [-0.25, -0.2) is 14.3 Å². The van der Waals surface area contributed by atoms with Crippen molar-refractivity contribution < 1.29 is 14.3 Å². The summed E-state index contributed by atoms with van der Waals surface area (Å²) in [7, 11) is 2.85. The summed E-state index contributed by atoms with van der Waals surface area (Å²) in [6.07, 6.45) is 1.40. The van der Waals surface area contributed by atoms with Gasteiger partial charge in [0.25, 0.3) is 5.78 Å². The monoisotopic (exact) mass is 514 g/mol. The third-order valence-electron chi connectivity index (χ3n) is 4.67. The molecule has 0 amide bonds. The van der Waals surface area contributed by atoms with E-state index in [9.17, 15) is 4.79 Å². The van der Waals surface area contributed by atoms with Gasteiger partial charge < -0.3 is 9.47 Å². The van der Waals surface area contributed by atoms with Crippen LogP contribution in [0, 0.1) is 13.8 Å². The van der Waals surface area contributed by atoms with Crippen LogP contribution in [-0.2, 0) is 25.8 Å². The fourth-order valence-electron chi connectivity index (χ4n) is 3.19. The molecule has 0 aliphatic carbocycles. The SMILES string of the molecule is CO/C=C(/C(=O)OC)c1ccccc1CSc1nnc(CSc2nc3nc(C)cc(C)n3n2)s1. The summed E-state index contributed by atoms with van der Waals surface area (Å²) in [6, 6.07) is 9.63. The van der Waals surface area contributed by atoms with Crippen LogP contribution in [0.1, 0.15) is 27.5 Å². The Morgan fingerprint density at radius 1 is 1.12 bits per heavy atom. The highest BCUT2D eigenvalue weighted by Crippen LogP contribution is 2.31. The number of esters is 1. The largest absolute Gasteiger partial charge is 0.503 e. The van der Waals surface area contributed by atoms with Gasteiger partial charge in [0.2, 0.25) is 5.16 Å². The van der Waals surface area contributed by atoms with Crippen molar-refractivity contribution in [2.24, 2.45) is 0 Å². The quantitative estimate of drug-likeness (QED) is 0.139. The third kappa shape index (κ3) is 5.57. The van der Waals surface area contributed by atoms with Gasteiger partial charge in [0.15, 0.2) is 4.34 Å². The number of hydrogen-bond donors (Lipinski definition) is 0. The highest BCUT2D eigenvalue weighted by molar-refractivity contribution is 8.00. The maximum atomic E-state index is 12.2. The highest BCUT2D eigenvalue weighted by atomic mass is 32.2. The second-order valence-corrected chi connectivity index (χ2v) is 10.3. The van der Waals surface area contributed by atoms with E-state index in [0.29, 0.717) is 28.0 Å². The fraction of sp³-hybridized carbons (Fsp3) is 0.273. The first-order chi connectivity index (χ1) is 16.5. The molecule has 0 saturated heterocycles. The molecular formula is C22H22N6O3S3. The molecule has 4 aromatic rings. The minimum atomic E-state index is -0.448. The lowest BCUT2D eigenvalue weighted by molar-refractivity contribution is -0.133. The van der Waals surface area contributed by atoms with Gasteiger partial charge in [-0.2, -0.15) is 4.98 Å². The molecule has 3 aromatic heterocycles. The van der Waals surface area contributed by atoms with E-state index < -0.39 is 5.97 Å². The van der Waals surface area contributed by atoms with E-state index in [0.717, 1.165) is 31.9 Å². The van der Waals surface area contributed by atoms with Crippen LogP contribution in [0.25, 0.3) is 11.4 Å². The van der Waals surface area contributed by atoms with Gasteiger partial charge in [0.1, 0.15) is 10.6 Å². The van der Waals surface area contributed by atoms with Crippen LogP contribution in [0.5, 0.6) is 0 Å². The average Bonchev–Trinajstić information content (AvgIpc) is 3.46. The van der Waals surface area contributed by atoms with Gasteiger partial charge in [-0.05, 0) is 31.0 Å². The van der Waals surface area contributed by atoms with Gasteiger partial charge >= 0.3 is 5.97 Å². The molecule has 0 atom stereocenters. The number of carbonyl (C=O) groups is 1. The number of aryl methyl sites for hydroxylation is 2. The second-order valence-electron chi connectivity index (χ2n) is 7.10. The molecule has 0 unspecified atom stereocenters. The summed E-state index contributed by atoms with van der Waals surface area (Å²) in [5, 5.41) is 14.7. The predicted molar refractivity (Wildman–Crippen MR) is 133 cm³/mol. The summed E-state index contributed by atoms with van der Waals surface area (Å²) in [4.78, 5) is 21.1. The number of rotatable bonds is 9. The second kappa shape index (κ2) is 11.0. The van der Waals surface area contributed by atoms with Crippen LogP contribution in [0.4, 0.5) is 0 Å². The van der Waals surface area contributed by atoms with Gasteiger partial charge in [-0.3, -0.25) is 0 Å².